The topological polar surface area (TPSA) is 72.4 Å². The maximum absolute atomic E-state index is 12.7. The molecule has 2 aromatic carbocycles. The molecule has 5 heteroatoms. The lowest BCUT2D eigenvalue weighted by Crippen LogP contribution is -2.09. The zero-order valence-corrected chi connectivity index (χ0v) is 11.7. The molecule has 4 aromatic rings. The molecule has 0 amide bonds. The summed E-state index contributed by atoms with van der Waals surface area (Å²) in [5.41, 5.74) is 0.772. The van der Waals surface area contributed by atoms with Gasteiger partial charge in [0.1, 0.15) is 11.3 Å². The number of hydrogen-bond acceptors (Lipinski definition) is 4. The lowest BCUT2D eigenvalue weighted by Gasteiger charge is -2.12. The average Bonchev–Trinajstić information content (AvgIpc) is 2.52. The number of aromatic nitrogens is 1. The Bertz CT molecular complexity index is 1180. The fourth-order valence-corrected chi connectivity index (χ4v) is 2.90. The van der Waals surface area contributed by atoms with Crippen molar-refractivity contribution in [2.24, 2.45) is 7.05 Å². The molecule has 0 unspecified atom stereocenters. The molecule has 1 N–H and O–H groups in total. The summed E-state index contributed by atoms with van der Waals surface area (Å²) >= 11 is 0. The van der Waals surface area contributed by atoms with Gasteiger partial charge in [0.05, 0.1) is 21.8 Å². The Morgan fingerprint density at radius 2 is 1.77 bits per heavy atom. The second kappa shape index (κ2) is 4.21. The van der Waals surface area contributed by atoms with E-state index in [0.29, 0.717) is 16.3 Å². The van der Waals surface area contributed by atoms with Crippen molar-refractivity contribution in [3.8, 4) is 5.75 Å². The largest absolute Gasteiger partial charge is 0.506 e. The van der Waals surface area contributed by atoms with Crippen LogP contribution in [-0.2, 0) is 7.05 Å². The Morgan fingerprint density at radius 3 is 2.59 bits per heavy atom. The highest BCUT2D eigenvalue weighted by molar-refractivity contribution is 6.05. The fourth-order valence-electron chi connectivity index (χ4n) is 2.90. The van der Waals surface area contributed by atoms with Crippen LogP contribution in [0.5, 0.6) is 5.75 Å². The SMILES string of the molecule is Cn1c2ccccc2c(=O)c2c(O)c3ccc(=O)oc3cc21. The van der Waals surface area contributed by atoms with Gasteiger partial charge in [0, 0.05) is 24.6 Å². The third kappa shape index (κ3) is 1.53. The number of pyridine rings is 1. The summed E-state index contributed by atoms with van der Waals surface area (Å²) in [6.07, 6.45) is 0. The number of phenolic OH excluding ortho intramolecular Hbond substituents is 1. The summed E-state index contributed by atoms with van der Waals surface area (Å²) in [5, 5.41) is 11.6. The van der Waals surface area contributed by atoms with E-state index in [-0.39, 0.29) is 22.1 Å². The standard InChI is InChI=1S/C17H11NO4/c1-18-11-5-3-2-4-9(11)16(20)15-12(18)8-13-10(17(15)21)6-7-14(19)22-13/h2-8,21H,1H3. The molecule has 0 radical (unpaired) electrons. The first-order valence-electron chi connectivity index (χ1n) is 6.75. The molecule has 5 nitrogen and oxygen atoms in total. The highest BCUT2D eigenvalue weighted by atomic mass is 16.4. The molecule has 0 aliphatic rings. The smallest absolute Gasteiger partial charge is 0.336 e. The van der Waals surface area contributed by atoms with Crippen LogP contribution in [0.4, 0.5) is 0 Å². The predicted molar refractivity (Wildman–Crippen MR) is 84.4 cm³/mol. The highest BCUT2D eigenvalue weighted by Crippen LogP contribution is 2.32. The first-order chi connectivity index (χ1) is 10.6. The normalized spacial score (nSPS) is 11.5. The molecule has 108 valence electrons. The van der Waals surface area contributed by atoms with Crippen molar-refractivity contribution >= 4 is 32.8 Å². The Labute approximate surface area is 123 Å². The Balaban J connectivity index is 2.39. The van der Waals surface area contributed by atoms with Gasteiger partial charge < -0.3 is 14.1 Å². The highest BCUT2D eigenvalue weighted by Gasteiger charge is 2.16. The van der Waals surface area contributed by atoms with Crippen LogP contribution in [0, 0.1) is 0 Å². The van der Waals surface area contributed by atoms with E-state index in [9.17, 15) is 14.7 Å². The molecule has 0 saturated heterocycles. The van der Waals surface area contributed by atoms with Gasteiger partial charge in [0.15, 0.2) is 0 Å². The van der Waals surface area contributed by atoms with Gasteiger partial charge in [-0.2, -0.15) is 0 Å². The summed E-state index contributed by atoms with van der Waals surface area (Å²) in [6, 6.07) is 11.5. The van der Waals surface area contributed by atoms with Crippen LogP contribution in [0.1, 0.15) is 0 Å². The summed E-state index contributed by atoms with van der Waals surface area (Å²) in [4.78, 5) is 24.1. The lowest BCUT2D eigenvalue weighted by molar-refractivity contribution is 0.484. The van der Waals surface area contributed by atoms with Crippen molar-refractivity contribution in [2.45, 2.75) is 0 Å². The van der Waals surface area contributed by atoms with Crippen LogP contribution < -0.4 is 11.1 Å². The quantitative estimate of drug-likeness (QED) is 0.399. The summed E-state index contributed by atoms with van der Waals surface area (Å²) in [7, 11) is 1.80. The van der Waals surface area contributed by atoms with Gasteiger partial charge in [0.2, 0.25) is 5.43 Å². The summed E-state index contributed by atoms with van der Waals surface area (Å²) in [5.74, 6) is -0.164. The van der Waals surface area contributed by atoms with Crippen molar-refractivity contribution < 1.29 is 9.52 Å². The first-order valence-corrected chi connectivity index (χ1v) is 6.75. The van der Waals surface area contributed by atoms with Crippen LogP contribution >= 0.6 is 0 Å². The van der Waals surface area contributed by atoms with E-state index in [0.717, 1.165) is 5.52 Å². The zero-order valence-electron chi connectivity index (χ0n) is 11.7. The molecule has 0 fully saturated rings. The minimum absolute atomic E-state index is 0.164. The van der Waals surface area contributed by atoms with E-state index >= 15 is 0 Å². The number of aromatic hydroxyl groups is 1. The van der Waals surface area contributed by atoms with Gasteiger partial charge >= 0.3 is 5.63 Å². The minimum Gasteiger partial charge on any atom is -0.506 e. The van der Waals surface area contributed by atoms with Gasteiger partial charge in [-0.3, -0.25) is 4.79 Å². The second-order valence-corrected chi connectivity index (χ2v) is 5.19. The number of hydrogen-bond donors (Lipinski definition) is 1. The molecule has 2 aromatic heterocycles. The van der Waals surface area contributed by atoms with Crippen molar-refractivity contribution in [2.75, 3.05) is 0 Å². The Morgan fingerprint density at radius 1 is 1.00 bits per heavy atom. The van der Waals surface area contributed by atoms with Gasteiger partial charge in [-0.1, -0.05) is 12.1 Å². The van der Waals surface area contributed by atoms with E-state index in [4.69, 9.17) is 4.42 Å². The van der Waals surface area contributed by atoms with Crippen LogP contribution in [0.25, 0.3) is 32.8 Å². The van der Waals surface area contributed by atoms with Crippen molar-refractivity contribution in [1.29, 1.82) is 0 Å². The monoisotopic (exact) mass is 293 g/mol. The zero-order chi connectivity index (χ0) is 15.4. The fraction of sp³-hybridized carbons (Fsp3) is 0.0588. The predicted octanol–water partition coefficient (Wildman–Crippen LogP) is 2.50. The number of rotatable bonds is 0. The minimum atomic E-state index is -0.503. The van der Waals surface area contributed by atoms with Crippen LogP contribution in [-0.4, -0.2) is 9.67 Å². The third-order valence-electron chi connectivity index (χ3n) is 3.98. The van der Waals surface area contributed by atoms with Crippen LogP contribution in [0.15, 0.2) is 56.5 Å². The summed E-state index contributed by atoms with van der Waals surface area (Å²) in [6.45, 7) is 0. The van der Waals surface area contributed by atoms with Crippen molar-refractivity contribution in [3.05, 3.63) is 63.1 Å². The van der Waals surface area contributed by atoms with Gasteiger partial charge in [-0.15, -0.1) is 0 Å². The Hall–Kier alpha value is -3.08. The molecule has 4 rings (SSSR count). The number of phenols is 1. The van der Waals surface area contributed by atoms with E-state index in [1.807, 2.05) is 12.1 Å². The number of fused-ring (bicyclic) bond motifs is 3. The van der Waals surface area contributed by atoms with E-state index < -0.39 is 5.63 Å². The van der Waals surface area contributed by atoms with E-state index in [2.05, 4.69) is 0 Å². The molecule has 22 heavy (non-hydrogen) atoms. The number of benzene rings is 2. The van der Waals surface area contributed by atoms with Crippen LogP contribution in [0.3, 0.4) is 0 Å². The van der Waals surface area contributed by atoms with Crippen molar-refractivity contribution in [3.63, 3.8) is 0 Å². The third-order valence-corrected chi connectivity index (χ3v) is 3.98. The molecule has 0 saturated carbocycles. The molecular weight excluding hydrogens is 282 g/mol. The van der Waals surface area contributed by atoms with E-state index in [1.54, 1.807) is 29.8 Å². The molecule has 0 spiro atoms. The Kier molecular flexibility index (Phi) is 2.42. The van der Waals surface area contributed by atoms with Crippen LogP contribution in [0.2, 0.25) is 0 Å². The van der Waals surface area contributed by atoms with Crippen molar-refractivity contribution in [1.82, 2.24) is 4.57 Å². The molecular formula is C17H11NO4. The van der Waals surface area contributed by atoms with Gasteiger partial charge in [-0.25, -0.2) is 4.79 Å². The molecule has 0 atom stereocenters. The van der Waals surface area contributed by atoms with E-state index in [1.165, 1.54) is 12.1 Å². The average molecular weight is 293 g/mol. The first kappa shape index (κ1) is 12.6. The second-order valence-electron chi connectivity index (χ2n) is 5.19. The number of nitrogens with zero attached hydrogens (tertiary/aromatic N) is 1. The lowest BCUT2D eigenvalue weighted by atomic mass is 10.1. The maximum atomic E-state index is 12.7. The molecule has 0 aliphatic heterocycles. The number of aryl methyl sites for hydroxylation is 1. The number of para-hydroxylation sites is 1. The maximum Gasteiger partial charge on any atom is 0.336 e. The summed E-state index contributed by atoms with van der Waals surface area (Å²) < 4.78 is 6.93. The molecule has 0 aliphatic carbocycles. The molecule has 0 bridgehead atoms. The molecule has 2 heterocycles. The van der Waals surface area contributed by atoms with Gasteiger partial charge in [-0.05, 0) is 18.2 Å². The van der Waals surface area contributed by atoms with Gasteiger partial charge in [0.25, 0.3) is 0 Å².